The lowest BCUT2D eigenvalue weighted by Crippen LogP contribution is -2.02. The number of rotatable bonds is 6. The summed E-state index contributed by atoms with van der Waals surface area (Å²) < 4.78 is 9.98. The lowest BCUT2D eigenvalue weighted by Gasteiger charge is -1.96. The van der Waals surface area contributed by atoms with Gasteiger partial charge in [0.1, 0.15) is 0 Å². The Morgan fingerprint density at radius 1 is 0.938 bits per heavy atom. The van der Waals surface area contributed by atoms with Gasteiger partial charge in [-0.05, 0) is 25.8 Å². The van der Waals surface area contributed by atoms with Crippen molar-refractivity contribution in [2.45, 2.75) is 33.6 Å². The molecule has 0 amide bonds. The van der Waals surface area contributed by atoms with Crippen molar-refractivity contribution in [3.8, 4) is 0 Å². The first-order chi connectivity index (χ1) is 7.85. The van der Waals surface area contributed by atoms with Crippen LogP contribution in [0.15, 0.2) is 30.3 Å². The van der Waals surface area contributed by atoms with Gasteiger partial charge in [-0.1, -0.05) is 43.7 Å². The van der Waals surface area contributed by atoms with Crippen molar-refractivity contribution in [1.29, 1.82) is 0 Å². The molecule has 16 heavy (non-hydrogen) atoms. The van der Waals surface area contributed by atoms with Gasteiger partial charge < -0.3 is 8.85 Å². The molecule has 0 fully saturated rings. The van der Waals surface area contributed by atoms with E-state index in [1.54, 1.807) is 0 Å². The van der Waals surface area contributed by atoms with Gasteiger partial charge in [0.2, 0.25) is 0 Å². The summed E-state index contributed by atoms with van der Waals surface area (Å²) >= 11 is 0. The number of hydrogen-bond acceptors (Lipinski definition) is 2. The maximum atomic E-state index is 4.99. The van der Waals surface area contributed by atoms with E-state index in [0.29, 0.717) is 0 Å². The van der Waals surface area contributed by atoms with Crippen molar-refractivity contribution in [2.24, 2.45) is 0 Å². The summed E-state index contributed by atoms with van der Waals surface area (Å²) in [7, 11) is -0.589. The molecule has 0 spiro atoms. The van der Waals surface area contributed by atoms with Crippen LogP contribution in [-0.2, 0) is 15.3 Å². The average Bonchev–Trinajstić information content (AvgIpc) is 2.32. The monoisotopic (exact) mass is 240 g/mol. The molecule has 0 aliphatic rings. The molecule has 0 N–H and O–H groups in total. The molecule has 0 saturated heterocycles. The van der Waals surface area contributed by atoms with E-state index >= 15 is 0 Å². The lowest BCUT2D eigenvalue weighted by atomic mass is 10.1. The number of benzene rings is 1. The Balaban J connectivity index is 0.000000293. The molecule has 0 bridgehead atoms. The standard InChI is InChI=1S/C9H12.C4H12O2Si/c1-2-6-9-7-4-3-5-8-9;1-3-5-7-6-4-2/h3-5,7-8H,2,6H2,1H3;3-4,7H2,1-2H3. The van der Waals surface area contributed by atoms with Gasteiger partial charge in [0.15, 0.2) is 0 Å². The summed E-state index contributed by atoms with van der Waals surface area (Å²) in [4.78, 5) is 0. The molecule has 92 valence electrons. The third kappa shape index (κ3) is 9.89. The largest absolute Gasteiger partial charge is 0.399 e. The molecule has 0 radical (unpaired) electrons. The Morgan fingerprint density at radius 2 is 1.50 bits per heavy atom. The summed E-state index contributed by atoms with van der Waals surface area (Å²) in [6.45, 7) is 7.75. The summed E-state index contributed by atoms with van der Waals surface area (Å²) in [5.74, 6) is 0. The molecule has 1 aromatic carbocycles. The van der Waals surface area contributed by atoms with Crippen LogP contribution >= 0.6 is 0 Å². The van der Waals surface area contributed by atoms with Gasteiger partial charge in [0, 0.05) is 13.2 Å². The topological polar surface area (TPSA) is 18.5 Å². The molecule has 1 rings (SSSR count). The van der Waals surface area contributed by atoms with Gasteiger partial charge in [-0.25, -0.2) is 0 Å². The first kappa shape index (κ1) is 15.4. The predicted octanol–water partition coefficient (Wildman–Crippen LogP) is 2.70. The van der Waals surface area contributed by atoms with Crippen molar-refractivity contribution in [3.63, 3.8) is 0 Å². The Morgan fingerprint density at radius 3 is 1.94 bits per heavy atom. The van der Waals surface area contributed by atoms with Gasteiger partial charge in [-0.15, -0.1) is 0 Å². The average molecular weight is 240 g/mol. The smallest absolute Gasteiger partial charge is 0.304 e. The van der Waals surface area contributed by atoms with Gasteiger partial charge >= 0.3 is 10.0 Å². The van der Waals surface area contributed by atoms with E-state index in [1.807, 2.05) is 13.8 Å². The van der Waals surface area contributed by atoms with Crippen molar-refractivity contribution in [3.05, 3.63) is 35.9 Å². The highest BCUT2D eigenvalue weighted by Crippen LogP contribution is 2.00. The van der Waals surface area contributed by atoms with Gasteiger partial charge in [-0.2, -0.15) is 0 Å². The molecule has 3 heteroatoms. The fourth-order valence-corrected chi connectivity index (χ4v) is 1.61. The summed E-state index contributed by atoms with van der Waals surface area (Å²) in [5.41, 5.74) is 1.44. The molecule has 0 aliphatic carbocycles. The third-order valence-corrected chi connectivity index (χ3v) is 3.11. The Hall–Kier alpha value is -0.643. The minimum absolute atomic E-state index is 0.589. The van der Waals surface area contributed by atoms with E-state index in [0.717, 1.165) is 13.2 Å². The van der Waals surface area contributed by atoms with E-state index in [2.05, 4.69) is 37.3 Å². The second-order valence-corrected chi connectivity index (χ2v) is 4.39. The molecule has 0 unspecified atom stereocenters. The second kappa shape index (κ2) is 12.4. The number of hydrogen-bond donors (Lipinski definition) is 0. The van der Waals surface area contributed by atoms with Crippen LogP contribution in [-0.4, -0.2) is 23.2 Å². The number of aryl methyl sites for hydroxylation is 1. The van der Waals surface area contributed by atoms with E-state index in [1.165, 1.54) is 18.4 Å². The highest BCUT2D eigenvalue weighted by atomic mass is 28.3. The Labute approximate surface area is 102 Å². The van der Waals surface area contributed by atoms with Crippen molar-refractivity contribution in [1.82, 2.24) is 0 Å². The van der Waals surface area contributed by atoms with Gasteiger partial charge in [0.25, 0.3) is 0 Å². The maximum Gasteiger partial charge on any atom is 0.304 e. The zero-order valence-corrected chi connectivity index (χ0v) is 12.2. The predicted molar refractivity (Wildman–Crippen MR) is 72.2 cm³/mol. The quantitative estimate of drug-likeness (QED) is 0.562. The van der Waals surface area contributed by atoms with Crippen LogP contribution in [0.2, 0.25) is 0 Å². The minimum atomic E-state index is -0.589. The normalized spacial score (nSPS) is 9.44. The van der Waals surface area contributed by atoms with Crippen molar-refractivity contribution < 1.29 is 8.85 Å². The van der Waals surface area contributed by atoms with Crippen molar-refractivity contribution >= 4 is 10.0 Å². The summed E-state index contributed by atoms with van der Waals surface area (Å²) in [6.07, 6.45) is 2.45. The fraction of sp³-hybridized carbons (Fsp3) is 0.538. The van der Waals surface area contributed by atoms with E-state index in [9.17, 15) is 0 Å². The van der Waals surface area contributed by atoms with E-state index in [4.69, 9.17) is 8.85 Å². The second-order valence-electron chi connectivity index (χ2n) is 3.34. The van der Waals surface area contributed by atoms with Crippen LogP contribution in [0.1, 0.15) is 32.8 Å². The lowest BCUT2D eigenvalue weighted by molar-refractivity contribution is 0.240. The van der Waals surface area contributed by atoms with E-state index < -0.39 is 10.0 Å². The fourth-order valence-electron chi connectivity index (χ4n) is 1.16. The molecule has 0 atom stereocenters. The van der Waals surface area contributed by atoms with Crippen LogP contribution in [0.3, 0.4) is 0 Å². The Kier molecular flexibility index (Phi) is 11.9. The highest BCUT2D eigenvalue weighted by molar-refractivity contribution is 6.17. The van der Waals surface area contributed by atoms with Crippen LogP contribution in [0.4, 0.5) is 0 Å². The maximum absolute atomic E-state index is 4.99. The minimum Gasteiger partial charge on any atom is -0.399 e. The molecule has 0 heterocycles. The van der Waals surface area contributed by atoms with Crippen LogP contribution in [0.5, 0.6) is 0 Å². The van der Waals surface area contributed by atoms with Crippen molar-refractivity contribution in [2.75, 3.05) is 13.2 Å². The first-order valence-electron chi connectivity index (χ1n) is 6.04. The zero-order chi connectivity index (χ0) is 12.1. The molecule has 0 saturated carbocycles. The molecular formula is C13H24O2Si. The van der Waals surface area contributed by atoms with Gasteiger partial charge in [0.05, 0.1) is 0 Å². The summed E-state index contributed by atoms with van der Waals surface area (Å²) in [5, 5.41) is 0. The van der Waals surface area contributed by atoms with Crippen LogP contribution < -0.4 is 0 Å². The van der Waals surface area contributed by atoms with Gasteiger partial charge in [-0.3, -0.25) is 0 Å². The highest BCUT2D eigenvalue weighted by Gasteiger charge is 1.84. The van der Waals surface area contributed by atoms with E-state index in [-0.39, 0.29) is 0 Å². The molecule has 2 nitrogen and oxygen atoms in total. The molecule has 0 aliphatic heterocycles. The molecule has 1 aromatic rings. The van der Waals surface area contributed by atoms with Crippen LogP contribution in [0, 0.1) is 0 Å². The molecular weight excluding hydrogens is 216 g/mol. The summed E-state index contributed by atoms with van der Waals surface area (Å²) in [6, 6.07) is 10.6. The zero-order valence-electron chi connectivity index (χ0n) is 10.7. The van der Waals surface area contributed by atoms with Crippen LogP contribution in [0.25, 0.3) is 0 Å². The molecule has 0 aromatic heterocycles. The first-order valence-corrected chi connectivity index (χ1v) is 7.19. The SMILES string of the molecule is CCCc1ccccc1.CCO[SiH2]OCC. The Bertz CT molecular complexity index is 223. The third-order valence-electron chi connectivity index (χ3n) is 1.96.